The molecule has 7 heteroatoms. The van der Waals surface area contributed by atoms with Gasteiger partial charge in [0.2, 0.25) is 0 Å². The van der Waals surface area contributed by atoms with Gasteiger partial charge in [-0.05, 0) is 12.8 Å². The molecule has 0 N–H and O–H groups in total. The van der Waals surface area contributed by atoms with Crippen molar-refractivity contribution in [1.82, 2.24) is 14.7 Å². The minimum absolute atomic E-state index is 0.0147. The van der Waals surface area contributed by atoms with Gasteiger partial charge in [0.05, 0.1) is 6.54 Å². The van der Waals surface area contributed by atoms with Gasteiger partial charge in [0, 0.05) is 39.3 Å². The van der Waals surface area contributed by atoms with E-state index >= 15 is 0 Å². The van der Waals surface area contributed by atoms with Crippen molar-refractivity contribution in [2.75, 3.05) is 45.8 Å². The standard InChI is InChI=1S/C11H18F3N3O/c12-11(13,14)9-15-5-7-17(8-6-15)10(18)16-3-1-2-4-16/h1-9H2. The highest BCUT2D eigenvalue weighted by atomic mass is 19.4. The SMILES string of the molecule is O=C(N1CCCC1)N1CCN(CC(F)(F)F)CC1. The minimum Gasteiger partial charge on any atom is -0.325 e. The Labute approximate surface area is 104 Å². The number of alkyl halides is 3. The molecule has 0 aromatic carbocycles. The van der Waals surface area contributed by atoms with Gasteiger partial charge < -0.3 is 9.80 Å². The van der Waals surface area contributed by atoms with Gasteiger partial charge in [0.25, 0.3) is 0 Å². The maximum absolute atomic E-state index is 12.2. The Morgan fingerprint density at radius 1 is 0.889 bits per heavy atom. The first-order valence-corrected chi connectivity index (χ1v) is 6.29. The zero-order valence-electron chi connectivity index (χ0n) is 10.2. The van der Waals surface area contributed by atoms with Crippen molar-refractivity contribution in [3.05, 3.63) is 0 Å². The van der Waals surface area contributed by atoms with E-state index in [9.17, 15) is 18.0 Å². The van der Waals surface area contributed by atoms with Crippen molar-refractivity contribution in [3.63, 3.8) is 0 Å². The Morgan fingerprint density at radius 2 is 1.39 bits per heavy atom. The second kappa shape index (κ2) is 5.34. The lowest BCUT2D eigenvalue weighted by molar-refractivity contribution is -0.148. The van der Waals surface area contributed by atoms with Crippen LogP contribution in [0.15, 0.2) is 0 Å². The van der Waals surface area contributed by atoms with E-state index in [1.165, 1.54) is 4.90 Å². The summed E-state index contributed by atoms with van der Waals surface area (Å²) < 4.78 is 36.6. The number of piperazine rings is 1. The lowest BCUT2D eigenvalue weighted by atomic mass is 10.3. The number of amides is 2. The molecule has 0 radical (unpaired) electrons. The van der Waals surface area contributed by atoms with Gasteiger partial charge in [-0.25, -0.2) is 4.79 Å². The first kappa shape index (κ1) is 13.5. The fraction of sp³-hybridized carbons (Fsp3) is 0.909. The maximum Gasteiger partial charge on any atom is 0.401 e. The molecule has 2 rings (SSSR count). The molecular weight excluding hydrogens is 247 g/mol. The minimum atomic E-state index is -4.15. The van der Waals surface area contributed by atoms with E-state index in [1.54, 1.807) is 9.80 Å². The number of urea groups is 1. The molecule has 0 aromatic rings. The number of likely N-dealkylation sites (tertiary alicyclic amines) is 1. The van der Waals surface area contributed by atoms with Crippen molar-refractivity contribution in [1.29, 1.82) is 0 Å². The topological polar surface area (TPSA) is 26.8 Å². The lowest BCUT2D eigenvalue weighted by Gasteiger charge is -2.36. The molecule has 0 unspecified atom stereocenters. The summed E-state index contributed by atoms with van der Waals surface area (Å²) in [6.45, 7) is 2.08. The van der Waals surface area contributed by atoms with Crippen LogP contribution in [-0.2, 0) is 0 Å². The van der Waals surface area contributed by atoms with Crippen molar-refractivity contribution in [3.8, 4) is 0 Å². The van der Waals surface area contributed by atoms with Gasteiger partial charge in [-0.1, -0.05) is 0 Å². The predicted molar refractivity (Wildman–Crippen MR) is 60.3 cm³/mol. The summed E-state index contributed by atoms with van der Waals surface area (Å²) in [7, 11) is 0. The molecule has 4 nitrogen and oxygen atoms in total. The van der Waals surface area contributed by atoms with Crippen LogP contribution in [0.1, 0.15) is 12.8 Å². The van der Waals surface area contributed by atoms with Crippen LogP contribution in [-0.4, -0.2) is 72.7 Å². The van der Waals surface area contributed by atoms with Crippen molar-refractivity contribution in [2.24, 2.45) is 0 Å². The first-order chi connectivity index (χ1) is 8.46. The Kier molecular flexibility index (Phi) is 3.99. The molecule has 0 atom stereocenters. The Bertz CT molecular complexity index is 294. The lowest BCUT2D eigenvalue weighted by Crippen LogP contribution is -2.53. The molecule has 2 saturated heterocycles. The van der Waals surface area contributed by atoms with Crippen LogP contribution in [0.4, 0.5) is 18.0 Å². The monoisotopic (exact) mass is 265 g/mol. The molecular formula is C11H18F3N3O. The van der Waals surface area contributed by atoms with E-state index in [2.05, 4.69) is 0 Å². The summed E-state index contributed by atoms with van der Waals surface area (Å²) >= 11 is 0. The molecule has 2 aliphatic rings. The van der Waals surface area contributed by atoms with Crippen molar-refractivity contribution in [2.45, 2.75) is 19.0 Å². The van der Waals surface area contributed by atoms with E-state index in [4.69, 9.17) is 0 Å². The third-order valence-electron chi connectivity index (χ3n) is 3.42. The van der Waals surface area contributed by atoms with Gasteiger partial charge >= 0.3 is 12.2 Å². The fourth-order valence-corrected chi connectivity index (χ4v) is 2.46. The van der Waals surface area contributed by atoms with Crippen LogP contribution in [0.3, 0.4) is 0 Å². The van der Waals surface area contributed by atoms with Crippen LogP contribution in [0.25, 0.3) is 0 Å². The average Bonchev–Trinajstić information content (AvgIpc) is 2.80. The molecule has 0 saturated carbocycles. The Morgan fingerprint density at radius 3 is 1.89 bits per heavy atom. The maximum atomic E-state index is 12.2. The van der Waals surface area contributed by atoms with Gasteiger partial charge in [0.1, 0.15) is 0 Å². The quantitative estimate of drug-likeness (QED) is 0.716. The normalized spacial score (nSPS) is 22.6. The summed E-state index contributed by atoms with van der Waals surface area (Å²) in [6, 6.07) is -0.0147. The molecule has 0 aromatic heterocycles. The van der Waals surface area contributed by atoms with Gasteiger partial charge in [0.15, 0.2) is 0 Å². The zero-order chi connectivity index (χ0) is 13.2. The number of halogens is 3. The van der Waals surface area contributed by atoms with E-state index in [-0.39, 0.29) is 6.03 Å². The number of carbonyl (C=O) groups is 1. The zero-order valence-corrected chi connectivity index (χ0v) is 10.2. The molecule has 0 bridgehead atoms. The summed E-state index contributed by atoms with van der Waals surface area (Å²) in [5, 5.41) is 0. The van der Waals surface area contributed by atoms with Crippen LogP contribution in [0.2, 0.25) is 0 Å². The third kappa shape index (κ3) is 3.51. The summed E-state index contributed by atoms with van der Waals surface area (Å²) in [4.78, 5) is 16.8. The summed E-state index contributed by atoms with van der Waals surface area (Å²) in [6.07, 6.45) is -2.10. The Balaban J connectivity index is 1.77. The molecule has 2 amide bonds. The van der Waals surface area contributed by atoms with Crippen LogP contribution >= 0.6 is 0 Å². The number of hydrogen-bond acceptors (Lipinski definition) is 2. The predicted octanol–water partition coefficient (Wildman–Crippen LogP) is 1.38. The third-order valence-corrected chi connectivity index (χ3v) is 3.42. The smallest absolute Gasteiger partial charge is 0.325 e. The molecule has 0 spiro atoms. The number of hydrogen-bond donors (Lipinski definition) is 0. The fourth-order valence-electron chi connectivity index (χ4n) is 2.46. The van der Waals surface area contributed by atoms with E-state index < -0.39 is 12.7 Å². The van der Waals surface area contributed by atoms with Crippen molar-refractivity contribution >= 4 is 6.03 Å². The van der Waals surface area contributed by atoms with Crippen LogP contribution in [0, 0.1) is 0 Å². The van der Waals surface area contributed by atoms with Crippen molar-refractivity contribution < 1.29 is 18.0 Å². The number of carbonyl (C=O) groups excluding carboxylic acids is 1. The van der Waals surface area contributed by atoms with E-state index in [1.807, 2.05) is 0 Å². The molecule has 2 fully saturated rings. The van der Waals surface area contributed by atoms with E-state index in [0.717, 1.165) is 25.9 Å². The largest absolute Gasteiger partial charge is 0.401 e. The van der Waals surface area contributed by atoms with Gasteiger partial charge in [-0.3, -0.25) is 4.90 Å². The molecule has 0 aliphatic carbocycles. The molecule has 2 heterocycles. The van der Waals surface area contributed by atoms with E-state index in [0.29, 0.717) is 26.2 Å². The first-order valence-electron chi connectivity index (χ1n) is 6.29. The van der Waals surface area contributed by atoms with Gasteiger partial charge in [-0.2, -0.15) is 13.2 Å². The van der Waals surface area contributed by atoms with Gasteiger partial charge in [-0.15, -0.1) is 0 Å². The second-order valence-electron chi connectivity index (χ2n) is 4.86. The number of nitrogens with zero attached hydrogens (tertiary/aromatic N) is 3. The summed E-state index contributed by atoms with van der Waals surface area (Å²) in [5.41, 5.74) is 0. The molecule has 2 aliphatic heterocycles. The average molecular weight is 265 g/mol. The highest BCUT2D eigenvalue weighted by Crippen LogP contribution is 2.18. The molecule has 104 valence electrons. The van der Waals surface area contributed by atoms with Crippen LogP contribution < -0.4 is 0 Å². The second-order valence-corrected chi connectivity index (χ2v) is 4.86. The summed E-state index contributed by atoms with van der Waals surface area (Å²) in [5.74, 6) is 0. The highest BCUT2D eigenvalue weighted by Gasteiger charge is 2.33. The number of rotatable bonds is 1. The highest BCUT2D eigenvalue weighted by molar-refractivity contribution is 5.74. The molecule has 18 heavy (non-hydrogen) atoms. The van der Waals surface area contributed by atoms with Crippen LogP contribution in [0.5, 0.6) is 0 Å². The Hall–Kier alpha value is -0.980.